The first-order valence-corrected chi connectivity index (χ1v) is 8.66. The number of nitrogens with one attached hydrogen (secondary N) is 2. The summed E-state index contributed by atoms with van der Waals surface area (Å²) in [5.74, 6) is 0.0499. The maximum atomic E-state index is 13.0. The largest absolute Gasteiger partial charge is 0.418 e. The predicted molar refractivity (Wildman–Crippen MR) is 89.4 cm³/mol. The highest BCUT2D eigenvalue weighted by Gasteiger charge is 2.46. The lowest BCUT2D eigenvalue weighted by Crippen LogP contribution is -2.43. The summed E-state index contributed by atoms with van der Waals surface area (Å²) in [7, 11) is 0. The van der Waals surface area contributed by atoms with E-state index in [4.69, 9.17) is 0 Å². The Bertz CT molecular complexity index is 745. The maximum Gasteiger partial charge on any atom is 0.418 e. The molecule has 0 bridgehead atoms. The van der Waals surface area contributed by atoms with Gasteiger partial charge in [0.1, 0.15) is 5.60 Å². The minimum Gasteiger partial charge on any atom is -0.382 e. The zero-order chi connectivity index (χ0) is 18.1. The molecule has 0 aliphatic heterocycles. The SMILES string of the molecule is O=C(NC[C@](O)(c1cccs1)C1CC1)Nc1ccccc1C(F)(F)F. The van der Waals surface area contributed by atoms with Crippen LogP contribution in [0.3, 0.4) is 0 Å². The van der Waals surface area contributed by atoms with Gasteiger partial charge in [-0.2, -0.15) is 13.2 Å². The number of thiophene rings is 1. The van der Waals surface area contributed by atoms with Gasteiger partial charge in [-0.1, -0.05) is 18.2 Å². The van der Waals surface area contributed by atoms with Crippen LogP contribution in [-0.2, 0) is 11.8 Å². The molecule has 0 spiro atoms. The van der Waals surface area contributed by atoms with Crippen molar-refractivity contribution < 1.29 is 23.1 Å². The smallest absolute Gasteiger partial charge is 0.382 e. The number of anilines is 1. The number of hydrogen-bond acceptors (Lipinski definition) is 3. The van der Waals surface area contributed by atoms with E-state index in [1.54, 1.807) is 6.07 Å². The number of amides is 2. The Morgan fingerprint density at radius 2 is 1.92 bits per heavy atom. The van der Waals surface area contributed by atoms with Crippen LogP contribution in [0.1, 0.15) is 23.3 Å². The Morgan fingerprint density at radius 1 is 1.20 bits per heavy atom. The van der Waals surface area contributed by atoms with Crippen molar-refractivity contribution >= 4 is 23.1 Å². The number of benzene rings is 1. The molecule has 0 saturated heterocycles. The molecule has 1 saturated carbocycles. The van der Waals surface area contributed by atoms with Crippen LogP contribution in [0.15, 0.2) is 41.8 Å². The molecule has 25 heavy (non-hydrogen) atoms. The van der Waals surface area contributed by atoms with E-state index in [-0.39, 0.29) is 18.2 Å². The average molecular weight is 370 g/mol. The van der Waals surface area contributed by atoms with Gasteiger partial charge in [0, 0.05) is 4.88 Å². The second-order valence-corrected chi connectivity index (χ2v) is 6.97. The third-order valence-electron chi connectivity index (χ3n) is 4.20. The van der Waals surface area contributed by atoms with E-state index in [9.17, 15) is 23.1 Å². The lowest BCUT2D eigenvalue weighted by Gasteiger charge is -2.27. The summed E-state index contributed by atoms with van der Waals surface area (Å²) >= 11 is 1.39. The molecule has 3 N–H and O–H groups in total. The van der Waals surface area contributed by atoms with Crippen LogP contribution in [0.5, 0.6) is 0 Å². The van der Waals surface area contributed by atoms with E-state index in [0.717, 1.165) is 23.8 Å². The van der Waals surface area contributed by atoms with E-state index in [2.05, 4.69) is 10.6 Å². The lowest BCUT2D eigenvalue weighted by molar-refractivity contribution is -0.136. The number of alkyl halides is 3. The molecule has 1 aliphatic carbocycles. The molecule has 1 aliphatic rings. The topological polar surface area (TPSA) is 61.4 Å². The maximum absolute atomic E-state index is 13.0. The van der Waals surface area contributed by atoms with Gasteiger partial charge >= 0.3 is 12.2 Å². The quantitative estimate of drug-likeness (QED) is 0.739. The number of rotatable bonds is 5. The number of carbonyl (C=O) groups excluding carboxylic acids is 1. The number of aliphatic hydroxyl groups is 1. The zero-order valence-corrected chi connectivity index (χ0v) is 14.0. The average Bonchev–Trinajstić information content (AvgIpc) is 3.27. The summed E-state index contributed by atoms with van der Waals surface area (Å²) in [6.07, 6.45) is -2.85. The van der Waals surface area contributed by atoms with Crippen molar-refractivity contribution in [1.29, 1.82) is 0 Å². The molecule has 0 unspecified atom stereocenters. The van der Waals surface area contributed by atoms with Crippen LogP contribution >= 0.6 is 11.3 Å². The second-order valence-electron chi connectivity index (χ2n) is 6.03. The van der Waals surface area contributed by atoms with Crippen LogP contribution in [0.4, 0.5) is 23.7 Å². The summed E-state index contributed by atoms with van der Waals surface area (Å²) in [6, 6.07) is 7.59. The minimum atomic E-state index is -4.56. The van der Waals surface area contributed by atoms with E-state index in [1.807, 2.05) is 11.4 Å². The van der Waals surface area contributed by atoms with E-state index in [0.29, 0.717) is 0 Å². The van der Waals surface area contributed by atoms with Gasteiger partial charge in [-0.3, -0.25) is 0 Å². The van der Waals surface area contributed by atoms with Crippen molar-refractivity contribution in [3.8, 4) is 0 Å². The Kier molecular flexibility index (Phi) is 4.75. The number of hydrogen-bond donors (Lipinski definition) is 3. The standard InChI is InChI=1S/C17H17F3N2O2S/c18-17(19,20)12-4-1-2-5-13(12)22-15(23)21-10-16(24,11-7-8-11)14-6-3-9-25-14/h1-6,9,11,24H,7-8,10H2,(H2,21,22,23)/t16-/m1/s1. The van der Waals surface area contributed by atoms with Gasteiger partial charge in [-0.05, 0) is 42.3 Å². The van der Waals surface area contributed by atoms with Gasteiger partial charge in [0.05, 0.1) is 17.8 Å². The predicted octanol–water partition coefficient (Wildman–Crippen LogP) is 4.19. The van der Waals surface area contributed by atoms with Crippen molar-refractivity contribution in [3.05, 3.63) is 52.2 Å². The molecular formula is C17H17F3N2O2S. The van der Waals surface area contributed by atoms with E-state index in [1.165, 1.54) is 29.5 Å². The first kappa shape index (κ1) is 17.8. The first-order valence-electron chi connectivity index (χ1n) is 7.78. The Balaban J connectivity index is 1.68. The van der Waals surface area contributed by atoms with Gasteiger partial charge in [0.2, 0.25) is 0 Å². The monoisotopic (exact) mass is 370 g/mol. The van der Waals surface area contributed by atoms with Crippen LogP contribution in [0.2, 0.25) is 0 Å². The molecule has 134 valence electrons. The molecule has 1 fully saturated rings. The number of halogens is 3. The normalized spacial score (nSPS) is 17.0. The van der Waals surface area contributed by atoms with Crippen LogP contribution in [0, 0.1) is 5.92 Å². The van der Waals surface area contributed by atoms with E-state index < -0.39 is 23.4 Å². The van der Waals surface area contributed by atoms with Crippen molar-refractivity contribution in [2.24, 2.45) is 5.92 Å². The summed E-state index contributed by atoms with van der Waals surface area (Å²) < 4.78 is 38.9. The van der Waals surface area contributed by atoms with Crippen LogP contribution in [-0.4, -0.2) is 17.7 Å². The Labute approximate surface area is 146 Å². The summed E-state index contributed by atoms with van der Waals surface area (Å²) in [6.45, 7) is -0.0573. The third kappa shape index (κ3) is 3.96. The fourth-order valence-corrected chi connectivity index (χ4v) is 3.64. The van der Waals surface area contributed by atoms with E-state index >= 15 is 0 Å². The zero-order valence-electron chi connectivity index (χ0n) is 13.1. The molecule has 1 aromatic heterocycles. The van der Waals surface area contributed by atoms with Gasteiger partial charge < -0.3 is 15.7 Å². The molecule has 1 aromatic carbocycles. The minimum absolute atomic E-state index is 0.0499. The Morgan fingerprint density at radius 3 is 2.52 bits per heavy atom. The molecule has 3 rings (SSSR count). The van der Waals surface area contributed by atoms with Crippen molar-refractivity contribution in [3.63, 3.8) is 0 Å². The molecule has 1 atom stereocenters. The lowest BCUT2D eigenvalue weighted by atomic mass is 9.96. The summed E-state index contributed by atoms with van der Waals surface area (Å²) in [4.78, 5) is 12.8. The highest BCUT2D eigenvalue weighted by molar-refractivity contribution is 7.10. The van der Waals surface area contributed by atoms with Crippen molar-refractivity contribution in [2.45, 2.75) is 24.6 Å². The van der Waals surface area contributed by atoms with Gasteiger partial charge in [0.15, 0.2) is 0 Å². The Hall–Kier alpha value is -2.06. The molecule has 2 aromatic rings. The first-order chi connectivity index (χ1) is 11.8. The highest BCUT2D eigenvalue weighted by Crippen LogP contribution is 2.46. The molecule has 2 amide bonds. The number of para-hydroxylation sites is 1. The summed E-state index contributed by atoms with van der Waals surface area (Å²) in [5.41, 5.74) is -2.42. The summed E-state index contributed by atoms with van der Waals surface area (Å²) in [5, 5.41) is 17.4. The molecule has 8 heteroatoms. The fraction of sp³-hybridized carbons (Fsp3) is 0.353. The molecular weight excluding hydrogens is 353 g/mol. The van der Waals surface area contributed by atoms with Crippen LogP contribution in [0.25, 0.3) is 0 Å². The van der Waals surface area contributed by atoms with Gasteiger partial charge in [0.25, 0.3) is 0 Å². The van der Waals surface area contributed by atoms with Crippen molar-refractivity contribution in [1.82, 2.24) is 5.32 Å². The number of carbonyl (C=O) groups is 1. The second kappa shape index (κ2) is 6.68. The van der Waals surface area contributed by atoms with Crippen molar-refractivity contribution in [2.75, 3.05) is 11.9 Å². The third-order valence-corrected chi connectivity index (χ3v) is 5.24. The number of urea groups is 1. The molecule has 4 nitrogen and oxygen atoms in total. The van der Waals surface area contributed by atoms with Gasteiger partial charge in [-0.25, -0.2) is 4.79 Å². The van der Waals surface area contributed by atoms with Crippen LogP contribution < -0.4 is 10.6 Å². The molecule has 1 heterocycles. The molecule has 0 radical (unpaired) electrons. The highest BCUT2D eigenvalue weighted by atomic mass is 32.1. The van der Waals surface area contributed by atoms with Gasteiger partial charge in [-0.15, -0.1) is 11.3 Å². The fourth-order valence-electron chi connectivity index (χ4n) is 2.74.